The third-order valence-corrected chi connectivity index (χ3v) is 6.69. The summed E-state index contributed by atoms with van der Waals surface area (Å²) in [5.41, 5.74) is 0.735. The molecule has 190 valence electrons. The number of aromatic nitrogens is 1. The Labute approximate surface area is 216 Å². The van der Waals surface area contributed by atoms with E-state index >= 15 is 0 Å². The Morgan fingerprint density at radius 3 is 2.65 bits per heavy atom. The Balaban J connectivity index is 1.87. The minimum atomic E-state index is -1.13. The number of aryl methyl sites for hydroxylation is 1. The number of nitrogens with zero attached hydrogens (tertiary/aromatic N) is 2. The molecular weight excluding hydrogens is 499 g/mol. The van der Waals surface area contributed by atoms with Gasteiger partial charge in [-0.2, -0.15) is 0 Å². The number of aliphatic hydroxyl groups excluding tert-OH is 1. The molecule has 1 saturated heterocycles. The van der Waals surface area contributed by atoms with Crippen LogP contribution in [0.1, 0.15) is 39.5 Å². The van der Waals surface area contributed by atoms with Crippen LogP contribution in [0.15, 0.2) is 66.8 Å². The molecule has 8 nitrogen and oxygen atoms in total. The number of rotatable bonds is 8. The van der Waals surface area contributed by atoms with Gasteiger partial charge in [-0.25, -0.2) is 14.2 Å². The van der Waals surface area contributed by atoms with Gasteiger partial charge in [0.25, 0.3) is 5.78 Å². The molecule has 3 aromatic rings. The van der Waals surface area contributed by atoms with Crippen LogP contribution in [0.3, 0.4) is 0 Å². The Morgan fingerprint density at radius 1 is 1.24 bits per heavy atom. The number of benzene rings is 2. The molecule has 0 spiro atoms. The van der Waals surface area contributed by atoms with Crippen LogP contribution in [-0.2, 0) is 14.3 Å². The summed E-state index contributed by atoms with van der Waals surface area (Å²) < 4.78 is 24.3. The van der Waals surface area contributed by atoms with Crippen molar-refractivity contribution in [2.75, 3.05) is 18.1 Å². The van der Waals surface area contributed by atoms with Crippen molar-refractivity contribution in [2.24, 2.45) is 0 Å². The number of esters is 1. The average Bonchev–Trinajstić information content (AvgIpc) is 3.39. The maximum absolute atomic E-state index is 13.7. The number of ketones is 1. The van der Waals surface area contributed by atoms with E-state index < -0.39 is 35.3 Å². The van der Waals surface area contributed by atoms with E-state index in [1.807, 2.05) is 6.92 Å². The highest BCUT2D eigenvalue weighted by Crippen LogP contribution is 2.44. The van der Waals surface area contributed by atoms with Crippen LogP contribution in [0.2, 0.25) is 0 Å². The van der Waals surface area contributed by atoms with Crippen LogP contribution < -0.4 is 9.64 Å². The molecule has 4 rings (SSSR count). The van der Waals surface area contributed by atoms with Crippen molar-refractivity contribution in [3.8, 4) is 5.75 Å². The topological polar surface area (TPSA) is 106 Å². The summed E-state index contributed by atoms with van der Waals surface area (Å²) >= 11 is 0.876. The molecule has 1 amide bonds. The van der Waals surface area contributed by atoms with Gasteiger partial charge >= 0.3 is 11.9 Å². The molecule has 0 bridgehead atoms. The summed E-state index contributed by atoms with van der Waals surface area (Å²) in [7, 11) is 0. The van der Waals surface area contributed by atoms with Gasteiger partial charge in [-0.05, 0) is 43.7 Å². The summed E-state index contributed by atoms with van der Waals surface area (Å²) in [5.74, 6) is -3.01. The molecule has 1 atom stereocenters. The van der Waals surface area contributed by atoms with Crippen molar-refractivity contribution >= 4 is 39.9 Å². The second-order valence-electron chi connectivity index (χ2n) is 7.98. The minimum absolute atomic E-state index is 0.00753. The van der Waals surface area contributed by atoms with E-state index in [9.17, 15) is 23.9 Å². The van der Waals surface area contributed by atoms with Crippen LogP contribution in [0.4, 0.5) is 9.52 Å². The maximum Gasteiger partial charge on any atom is 0.350 e. The van der Waals surface area contributed by atoms with E-state index in [2.05, 4.69) is 11.6 Å². The predicted molar refractivity (Wildman–Crippen MR) is 136 cm³/mol. The number of Topliss-reactive ketones (excluding diaryl/α,β-unsaturated/α-hetero) is 1. The van der Waals surface area contributed by atoms with Crippen LogP contribution in [0.25, 0.3) is 5.76 Å². The number of carbonyl (C=O) groups is 3. The summed E-state index contributed by atoms with van der Waals surface area (Å²) in [5, 5.41) is 11.3. The van der Waals surface area contributed by atoms with Gasteiger partial charge in [0.05, 0.1) is 23.9 Å². The maximum atomic E-state index is 13.7. The Morgan fingerprint density at radius 2 is 1.97 bits per heavy atom. The number of carbonyl (C=O) groups excluding carboxylic acids is 3. The summed E-state index contributed by atoms with van der Waals surface area (Å²) in [6, 6.07) is 10.6. The molecule has 1 N–H and O–H groups in total. The number of thiazole rings is 1. The first-order valence-corrected chi connectivity index (χ1v) is 12.1. The van der Waals surface area contributed by atoms with Crippen molar-refractivity contribution in [2.45, 2.75) is 19.9 Å². The number of amides is 1. The number of hydrogen-bond donors (Lipinski definition) is 1. The molecule has 37 heavy (non-hydrogen) atoms. The molecular formula is C27H23FN2O6S. The Kier molecular flexibility index (Phi) is 7.49. The summed E-state index contributed by atoms with van der Waals surface area (Å²) in [6.07, 6.45) is 1.42. The zero-order chi connectivity index (χ0) is 26.7. The standard InChI is InChI=1S/C27H23FN2O6S/c1-4-13-36-26(34)24-15(3)29-27(37-24)30-21(16-9-11-18(28)12-10-16)20(23(32)25(30)33)22(31)17-7-6-8-19(14-17)35-5-2/h4,6-12,14,21,31H,1,5,13H2,2-3H3. The van der Waals surface area contributed by atoms with Gasteiger partial charge in [-0.3, -0.25) is 14.5 Å². The van der Waals surface area contributed by atoms with Gasteiger partial charge in [-0.1, -0.05) is 48.3 Å². The molecule has 1 aliphatic heterocycles. The van der Waals surface area contributed by atoms with Crippen LogP contribution in [0, 0.1) is 12.7 Å². The van der Waals surface area contributed by atoms with Crippen molar-refractivity contribution in [1.82, 2.24) is 4.98 Å². The summed E-state index contributed by atoms with van der Waals surface area (Å²) in [6.45, 7) is 7.28. The lowest BCUT2D eigenvalue weighted by Gasteiger charge is -2.23. The monoisotopic (exact) mass is 522 g/mol. The lowest BCUT2D eigenvalue weighted by Crippen LogP contribution is -2.29. The first-order chi connectivity index (χ1) is 17.8. The SMILES string of the molecule is C=CCOC(=O)c1sc(N2C(=O)C(=O)C(=C(O)c3cccc(OCC)c3)C2c2ccc(F)cc2)nc1C. The molecule has 0 radical (unpaired) electrons. The van der Waals surface area contributed by atoms with Crippen LogP contribution >= 0.6 is 11.3 Å². The van der Waals surface area contributed by atoms with Crippen molar-refractivity contribution in [3.63, 3.8) is 0 Å². The summed E-state index contributed by atoms with van der Waals surface area (Å²) in [4.78, 5) is 44.7. The molecule has 1 fully saturated rings. The second kappa shape index (κ2) is 10.8. The lowest BCUT2D eigenvalue weighted by molar-refractivity contribution is -0.132. The van der Waals surface area contributed by atoms with Gasteiger partial charge in [-0.15, -0.1) is 0 Å². The smallest absolute Gasteiger partial charge is 0.350 e. The van der Waals surface area contributed by atoms with Gasteiger partial charge in [0.15, 0.2) is 5.13 Å². The third-order valence-electron chi connectivity index (χ3n) is 5.56. The normalized spacial score (nSPS) is 16.6. The largest absolute Gasteiger partial charge is 0.507 e. The van der Waals surface area contributed by atoms with Crippen LogP contribution in [-0.4, -0.2) is 41.0 Å². The first-order valence-electron chi connectivity index (χ1n) is 11.3. The first kappa shape index (κ1) is 25.8. The fourth-order valence-corrected chi connectivity index (χ4v) is 4.91. The molecule has 1 aliphatic rings. The van der Waals surface area contributed by atoms with E-state index in [0.717, 1.165) is 16.2 Å². The number of hydrogen-bond acceptors (Lipinski definition) is 8. The van der Waals surface area contributed by atoms with E-state index in [-0.39, 0.29) is 27.8 Å². The molecule has 10 heteroatoms. The van der Waals surface area contributed by atoms with Gasteiger partial charge in [0.1, 0.15) is 28.8 Å². The zero-order valence-corrected chi connectivity index (χ0v) is 20.9. The highest BCUT2D eigenvalue weighted by molar-refractivity contribution is 7.17. The predicted octanol–water partition coefficient (Wildman–Crippen LogP) is 4.96. The molecule has 2 aromatic carbocycles. The highest BCUT2D eigenvalue weighted by Gasteiger charge is 2.48. The van der Waals surface area contributed by atoms with Crippen molar-refractivity contribution in [1.29, 1.82) is 0 Å². The molecule has 0 aliphatic carbocycles. The highest BCUT2D eigenvalue weighted by atomic mass is 32.1. The number of anilines is 1. The van der Waals surface area contributed by atoms with E-state index in [0.29, 0.717) is 23.6 Å². The quantitative estimate of drug-likeness (QED) is 0.147. The van der Waals surface area contributed by atoms with Crippen molar-refractivity contribution in [3.05, 3.63) is 94.3 Å². The van der Waals surface area contributed by atoms with Gasteiger partial charge < -0.3 is 14.6 Å². The van der Waals surface area contributed by atoms with E-state index in [4.69, 9.17) is 9.47 Å². The fourth-order valence-electron chi connectivity index (χ4n) is 3.92. The number of ether oxygens (including phenoxy) is 2. The van der Waals surface area contributed by atoms with E-state index in [1.165, 1.54) is 30.3 Å². The minimum Gasteiger partial charge on any atom is -0.507 e. The van der Waals surface area contributed by atoms with Crippen LogP contribution in [0.5, 0.6) is 5.75 Å². The average molecular weight is 523 g/mol. The molecule has 0 saturated carbocycles. The molecule has 2 heterocycles. The van der Waals surface area contributed by atoms with Crippen molar-refractivity contribution < 1.29 is 33.4 Å². The zero-order valence-electron chi connectivity index (χ0n) is 20.1. The second-order valence-corrected chi connectivity index (χ2v) is 8.96. The molecule has 1 aromatic heterocycles. The number of aliphatic hydroxyl groups is 1. The third kappa shape index (κ3) is 5.01. The fraction of sp³-hybridized carbons (Fsp3) is 0.185. The Bertz CT molecular complexity index is 1410. The van der Waals surface area contributed by atoms with Gasteiger partial charge in [0.2, 0.25) is 0 Å². The number of halogens is 1. The van der Waals surface area contributed by atoms with Gasteiger partial charge in [0, 0.05) is 5.56 Å². The Hall–Kier alpha value is -4.31. The van der Waals surface area contributed by atoms with E-state index in [1.54, 1.807) is 31.2 Å². The molecule has 1 unspecified atom stereocenters. The lowest BCUT2D eigenvalue weighted by atomic mass is 9.95.